The summed E-state index contributed by atoms with van der Waals surface area (Å²) in [5.41, 5.74) is 2.01. The Kier molecular flexibility index (Phi) is 6.57. The van der Waals surface area contributed by atoms with Crippen molar-refractivity contribution in [1.82, 2.24) is 4.90 Å². The second kappa shape index (κ2) is 8.91. The topological polar surface area (TPSA) is 38.8 Å². The zero-order chi connectivity index (χ0) is 19.4. The van der Waals surface area contributed by atoms with E-state index in [9.17, 15) is 4.79 Å². The van der Waals surface area contributed by atoms with Crippen LogP contribution in [-0.2, 0) is 11.2 Å². The third-order valence-corrected chi connectivity index (χ3v) is 6.19. The van der Waals surface area contributed by atoms with Crippen molar-refractivity contribution >= 4 is 56.2 Å². The van der Waals surface area contributed by atoms with Crippen molar-refractivity contribution in [2.24, 2.45) is 0 Å². The average molecular weight is 464 g/mol. The molecule has 1 saturated heterocycles. The maximum Gasteiger partial charge on any atom is 0.266 e. The lowest BCUT2D eigenvalue weighted by Gasteiger charge is -2.14. The Morgan fingerprint density at radius 1 is 1.15 bits per heavy atom. The summed E-state index contributed by atoms with van der Waals surface area (Å²) in [5.74, 6) is 1.16. The fourth-order valence-electron chi connectivity index (χ4n) is 2.70. The Hall–Kier alpha value is -1.83. The zero-order valence-electron chi connectivity index (χ0n) is 14.9. The molecule has 140 valence electrons. The molecule has 0 atom stereocenters. The van der Waals surface area contributed by atoms with Gasteiger partial charge in [0.1, 0.15) is 4.32 Å². The maximum absolute atomic E-state index is 12.8. The van der Waals surface area contributed by atoms with Crippen molar-refractivity contribution in [2.75, 3.05) is 20.8 Å². The molecule has 1 aliphatic heterocycles. The molecule has 1 aliphatic rings. The fraction of sp³-hybridized carbons (Fsp3) is 0.200. The van der Waals surface area contributed by atoms with Crippen LogP contribution in [-0.4, -0.2) is 35.9 Å². The predicted octanol–water partition coefficient (Wildman–Crippen LogP) is 4.91. The summed E-state index contributed by atoms with van der Waals surface area (Å²) < 4.78 is 12.0. The smallest absolute Gasteiger partial charge is 0.266 e. The van der Waals surface area contributed by atoms with Gasteiger partial charge in [0.25, 0.3) is 5.91 Å². The van der Waals surface area contributed by atoms with E-state index in [0.29, 0.717) is 27.3 Å². The van der Waals surface area contributed by atoms with Crippen LogP contribution in [0.2, 0.25) is 0 Å². The van der Waals surface area contributed by atoms with Crippen LogP contribution in [0.3, 0.4) is 0 Å². The summed E-state index contributed by atoms with van der Waals surface area (Å²) >= 11 is 10.3. The molecule has 0 N–H and O–H groups in total. The van der Waals surface area contributed by atoms with Gasteiger partial charge in [-0.05, 0) is 35.8 Å². The Morgan fingerprint density at radius 3 is 2.48 bits per heavy atom. The Balaban J connectivity index is 1.80. The number of nitrogens with zero attached hydrogens (tertiary/aromatic N) is 1. The molecule has 0 aliphatic carbocycles. The minimum Gasteiger partial charge on any atom is -0.493 e. The van der Waals surface area contributed by atoms with Crippen molar-refractivity contribution in [3.63, 3.8) is 0 Å². The number of hydrogen-bond acceptors (Lipinski definition) is 5. The SMILES string of the molecule is COc1cc(Br)c(/C=C2/SC(=S)N(CCc3ccccc3)C2=O)cc1OC. The average Bonchev–Trinajstić information content (AvgIpc) is 2.95. The molecule has 1 heterocycles. The van der Waals surface area contributed by atoms with Gasteiger partial charge in [0.05, 0.1) is 19.1 Å². The van der Waals surface area contributed by atoms with Gasteiger partial charge in [-0.15, -0.1) is 0 Å². The van der Waals surface area contributed by atoms with Crippen LogP contribution in [0.1, 0.15) is 11.1 Å². The number of hydrogen-bond donors (Lipinski definition) is 0. The van der Waals surface area contributed by atoms with Gasteiger partial charge in [0.15, 0.2) is 11.5 Å². The van der Waals surface area contributed by atoms with Gasteiger partial charge in [0, 0.05) is 11.0 Å². The van der Waals surface area contributed by atoms with E-state index in [1.165, 1.54) is 17.3 Å². The van der Waals surface area contributed by atoms with Crippen LogP contribution in [0.4, 0.5) is 0 Å². The number of thioether (sulfide) groups is 1. The van der Waals surface area contributed by atoms with Gasteiger partial charge in [-0.2, -0.15) is 0 Å². The van der Waals surface area contributed by atoms with Gasteiger partial charge in [-0.25, -0.2) is 0 Å². The molecule has 0 bridgehead atoms. The van der Waals surface area contributed by atoms with Crippen LogP contribution in [0.5, 0.6) is 11.5 Å². The quantitative estimate of drug-likeness (QED) is 0.449. The molecule has 0 aromatic heterocycles. The number of halogens is 1. The van der Waals surface area contributed by atoms with E-state index in [-0.39, 0.29) is 5.91 Å². The number of rotatable bonds is 6. The number of carbonyl (C=O) groups is 1. The molecule has 0 saturated carbocycles. The maximum atomic E-state index is 12.8. The first-order chi connectivity index (χ1) is 13.0. The largest absolute Gasteiger partial charge is 0.493 e. The first-order valence-electron chi connectivity index (χ1n) is 8.24. The van der Waals surface area contributed by atoms with Crippen LogP contribution in [0, 0.1) is 0 Å². The molecule has 2 aromatic rings. The highest BCUT2D eigenvalue weighted by atomic mass is 79.9. The van der Waals surface area contributed by atoms with E-state index >= 15 is 0 Å². The van der Waals surface area contributed by atoms with E-state index in [1.54, 1.807) is 19.1 Å². The molecule has 27 heavy (non-hydrogen) atoms. The molecule has 4 nitrogen and oxygen atoms in total. The van der Waals surface area contributed by atoms with Gasteiger partial charge in [-0.3, -0.25) is 9.69 Å². The fourth-order valence-corrected chi connectivity index (χ4v) is 4.44. The number of amides is 1. The monoisotopic (exact) mass is 463 g/mol. The predicted molar refractivity (Wildman–Crippen MR) is 117 cm³/mol. The minimum atomic E-state index is -0.0670. The number of methoxy groups -OCH3 is 2. The Labute approximate surface area is 176 Å². The van der Waals surface area contributed by atoms with Gasteiger partial charge in [0.2, 0.25) is 0 Å². The van der Waals surface area contributed by atoms with E-state index in [2.05, 4.69) is 15.9 Å². The molecule has 7 heteroatoms. The highest BCUT2D eigenvalue weighted by molar-refractivity contribution is 9.10. The minimum absolute atomic E-state index is 0.0670. The molecule has 0 spiro atoms. The zero-order valence-corrected chi connectivity index (χ0v) is 18.1. The molecule has 1 fully saturated rings. The molecular weight excluding hydrogens is 446 g/mol. The molecule has 0 radical (unpaired) electrons. The van der Waals surface area contributed by atoms with E-state index in [1.807, 2.05) is 48.5 Å². The third kappa shape index (κ3) is 4.54. The lowest BCUT2D eigenvalue weighted by atomic mass is 10.1. The molecule has 3 rings (SSSR count). The van der Waals surface area contributed by atoms with Crippen molar-refractivity contribution in [1.29, 1.82) is 0 Å². The van der Waals surface area contributed by atoms with E-state index in [4.69, 9.17) is 21.7 Å². The summed E-state index contributed by atoms with van der Waals surface area (Å²) in [6.45, 7) is 0.569. The third-order valence-electron chi connectivity index (χ3n) is 4.13. The van der Waals surface area contributed by atoms with Crippen LogP contribution in [0.15, 0.2) is 51.8 Å². The van der Waals surface area contributed by atoms with Crippen molar-refractivity contribution in [3.05, 3.63) is 63.0 Å². The second-order valence-corrected chi connectivity index (χ2v) is 8.33. The van der Waals surface area contributed by atoms with Crippen LogP contribution >= 0.6 is 39.9 Å². The first kappa shape index (κ1) is 19.9. The van der Waals surface area contributed by atoms with E-state index < -0.39 is 0 Å². The van der Waals surface area contributed by atoms with E-state index in [0.717, 1.165) is 16.5 Å². The number of thiocarbonyl (C=S) groups is 1. The summed E-state index contributed by atoms with van der Waals surface area (Å²) in [7, 11) is 3.17. The van der Waals surface area contributed by atoms with Crippen LogP contribution < -0.4 is 9.47 Å². The van der Waals surface area contributed by atoms with Crippen molar-refractivity contribution < 1.29 is 14.3 Å². The highest BCUT2D eigenvalue weighted by Gasteiger charge is 2.31. The highest BCUT2D eigenvalue weighted by Crippen LogP contribution is 2.38. The van der Waals surface area contributed by atoms with Gasteiger partial charge in [-0.1, -0.05) is 70.2 Å². The number of benzene rings is 2. The Morgan fingerprint density at radius 2 is 1.81 bits per heavy atom. The van der Waals surface area contributed by atoms with Crippen LogP contribution in [0.25, 0.3) is 6.08 Å². The number of carbonyl (C=O) groups excluding carboxylic acids is 1. The standard InChI is InChI=1S/C20H18BrNO3S2/c1-24-16-10-14(15(21)12-17(16)25-2)11-18-19(23)22(20(26)27-18)9-8-13-6-4-3-5-7-13/h3-7,10-12H,8-9H2,1-2H3/b18-11+. The normalized spacial score (nSPS) is 15.5. The summed E-state index contributed by atoms with van der Waals surface area (Å²) in [5, 5.41) is 0. The molecule has 0 unspecified atom stereocenters. The Bertz CT molecular complexity index is 900. The van der Waals surface area contributed by atoms with Crippen molar-refractivity contribution in [3.8, 4) is 11.5 Å². The summed E-state index contributed by atoms with van der Waals surface area (Å²) in [4.78, 5) is 15.1. The van der Waals surface area contributed by atoms with Gasteiger partial charge < -0.3 is 9.47 Å². The summed E-state index contributed by atoms with van der Waals surface area (Å²) in [6.07, 6.45) is 2.59. The van der Waals surface area contributed by atoms with Crippen molar-refractivity contribution in [2.45, 2.75) is 6.42 Å². The molecule has 2 aromatic carbocycles. The summed E-state index contributed by atoms with van der Waals surface area (Å²) in [6, 6.07) is 13.7. The molecule has 1 amide bonds. The first-order valence-corrected chi connectivity index (χ1v) is 10.3. The molecular formula is C20H18BrNO3S2. The number of ether oxygens (including phenoxy) is 2. The van der Waals surface area contributed by atoms with Gasteiger partial charge >= 0.3 is 0 Å². The lowest BCUT2D eigenvalue weighted by Crippen LogP contribution is -2.30. The lowest BCUT2D eigenvalue weighted by molar-refractivity contribution is -0.122. The second-order valence-electron chi connectivity index (χ2n) is 5.80.